The third kappa shape index (κ3) is 8.47. The molecular weight excluding hydrogens is 581 g/mol. The van der Waals surface area contributed by atoms with Crippen molar-refractivity contribution in [1.29, 1.82) is 0 Å². The molecule has 0 aliphatic heterocycles. The van der Waals surface area contributed by atoms with Crippen LogP contribution < -0.4 is 9.62 Å². The van der Waals surface area contributed by atoms with Crippen LogP contribution in [0, 0.1) is 19.8 Å². The van der Waals surface area contributed by atoms with Crippen molar-refractivity contribution in [1.82, 2.24) is 10.2 Å². The lowest BCUT2D eigenvalue weighted by atomic mass is 10.1. The summed E-state index contributed by atoms with van der Waals surface area (Å²) in [5.41, 5.74) is 2.74. The summed E-state index contributed by atoms with van der Waals surface area (Å²) in [6.07, 6.45) is 0.325. The van der Waals surface area contributed by atoms with Crippen molar-refractivity contribution in [2.75, 3.05) is 17.4 Å². The number of amides is 2. The smallest absolute Gasteiger partial charge is 0.264 e. The maximum atomic E-state index is 14.2. The fraction of sp³-hybridized carbons (Fsp3) is 0.355. The first-order chi connectivity index (χ1) is 19.3. The molecule has 1 atom stereocenters. The quantitative estimate of drug-likeness (QED) is 0.255. The molecule has 0 aliphatic carbocycles. The summed E-state index contributed by atoms with van der Waals surface area (Å²) in [5, 5.41) is 3.60. The van der Waals surface area contributed by atoms with E-state index in [2.05, 4.69) is 5.32 Å². The highest BCUT2D eigenvalue weighted by atomic mass is 35.5. The average Bonchev–Trinajstić information content (AvgIpc) is 2.92. The van der Waals surface area contributed by atoms with Crippen LogP contribution in [-0.2, 0) is 26.2 Å². The van der Waals surface area contributed by atoms with E-state index >= 15 is 0 Å². The average molecular weight is 619 g/mol. The van der Waals surface area contributed by atoms with Gasteiger partial charge in [-0.25, -0.2) is 8.42 Å². The molecule has 0 fully saturated rings. The third-order valence-electron chi connectivity index (χ3n) is 6.51. The Balaban J connectivity index is 2.08. The minimum atomic E-state index is -4.13. The van der Waals surface area contributed by atoms with Gasteiger partial charge in [-0.05, 0) is 79.3 Å². The molecule has 0 saturated heterocycles. The van der Waals surface area contributed by atoms with E-state index in [1.165, 1.54) is 17.0 Å². The highest BCUT2D eigenvalue weighted by molar-refractivity contribution is 7.92. The van der Waals surface area contributed by atoms with Gasteiger partial charge >= 0.3 is 0 Å². The molecule has 1 unspecified atom stereocenters. The molecule has 0 saturated carbocycles. The van der Waals surface area contributed by atoms with E-state index in [0.29, 0.717) is 34.3 Å². The van der Waals surface area contributed by atoms with Crippen molar-refractivity contribution >= 4 is 50.7 Å². The van der Waals surface area contributed by atoms with E-state index in [1.54, 1.807) is 48.5 Å². The number of carbonyl (C=O) groups is 2. The first-order valence-electron chi connectivity index (χ1n) is 13.5. The Morgan fingerprint density at radius 3 is 2.10 bits per heavy atom. The maximum Gasteiger partial charge on any atom is 0.264 e. The largest absolute Gasteiger partial charge is 0.354 e. The lowest BCUT2D eigenvalue weighted by Crippen LogP contribution is -2.52. The summed E-state index contributed by atoms with van der Waals surface area (Å²) in [4.78, 5) is 29.0. The molecule has 220 valence electrons. The molecule has 2 amide bonds. The number of aryl methyl sites for hydroxylation is 2. The predicted molar refractivity (Wildman–Crippen MR) is 166 cm³/mol. The molecule has 0 heterocycles. The van der Waals surface area contributed by atoms with E-state index in [-0.39, 0.29) is 23.3 Å². The summed E-state index contributed by atoms with van der Waals surface area (Å²) in [7, 11) is -4.13. The third-order valence-corrected chi connectivity index (χ3v) is 9.04. The second-order valence-corrected chi connectivity index (χ2v) is 13.2. The maximum absolute atomic E-state index is 14.2. The van der Waals surface area contributed by atoms with Crippen LogP contribution in [0.25, 0.3) is 0 Å². The summed E-state index contributed by atoms with van der Waals surface area (Å²) >= 11 is 12.4. The Hall–Kier alpha value is -3.07. The van der Waals surface area contributed by atoms with Crippen molar-refractivity contribution in [3.8, 4) is 0 Å². The summed E-state index contributed by atoms with van der Waals surface area (Å²) < 4.78 is 29.0. The number of sulfonamides is 1. The van der Waals surface area contributed by atoms with Gasteiger partial charge in [0.1, 0.15) is 12.6 Å². The van der Waals surface area contributed by atoms with Crippen molar-refractivity contribution in [3.63, 3.8) is 0 Å². The van der Waals surface area contributed by atoms with Gasteiger partial charge in [0.15, 0.2) is 0 Å². The summed E-state index contributed by atoms with van der Waals surface area (Å²) in [5.74, 6) is -0.619. The van der Waals surface area contributed by atoms with Crippen molar-refractivity contribution < 1.29 is 18.0 Å². The van der Waals surface area contributed by atoms with Crippen LogP contribution in [0.2, 0.25) is 10.0 Å². The first kappa shape index (κ1) is 32.4. The number of carbonyl (C=O) groups excluding carboxylic acids is 2. The van der Waals surface area contributed by atoms with Gasteiger partial charge in [0.05, 0.1) is 20.6 Å². The van der Waals surface area contributed by atoms with Gasteiger partial charge in [-0.1, -0.05) is 74.3 Å². The molecule has 0 aliphatic rings. The lowest BCUT2D eigenvalue weighted by Gasteiger charge is -2.33. The molecule has 3 aromatic carbocycles. The Morgan fingerprint density at radius 2 is 1.54 bits per heavy atom. The SMILES string of the molecule is CCC(C(=O)NCC(C)C)N(Cc1ccc(Cl)c(Cl)c1)C(=O)CN(c1cc(C)cc(C)c1)S(=O)(=O)c1ccccc1. The van der Waals surface area contributed by atoms with Crippen molar-refractivity contribution in [3.05, 3.63) is 93.5 Å². The molecule has 0 radical (unpaired) electrons. The molecule has 0 spiro atoms. The molecule has 10 heteroatoms. The fourth-order valence-corrected chi connectivity index (χ4v) is 6.26. The number of hydrogen-bond donors (Lipinski definition) is 1. The van der Waals surface area contributed by atoms with E-state index in [4.69, 9.17) is 23.2 Å². The van der Waals surface area contributed by atoms with Gasteiger partial charge < -0.3 is 10.2 Å². The van der Waals surface area contributed by atoms with Gasteiger partial charge in [0, 0.05) is 13.1 Å². The standard InChI is InChI=1S/C31H37Cl2N3O4S/c1-6-29(31(38)34-18-21(2)3)35(19-24-12-13-27(32)28(33)17-24)30(37)20-36(25-15-22(4)14-23(5)16-25)41(39,40)26-10-8-7-9-11-26/h7-17,21,29H,6,18-20H2,1-5H3,(H,34,38). The van der Waals surface area contributed by atoms with Crippen LogP contribution in [0.5, 0.6) is 0 Å². The van der Waals surface area contributed by atoms with Crippen LogP contribution in [0.1, 0.15) is 43.9 Å². The Morgan fingerprint density at radius 1 is 0.902 bits per heavy atom. The second-order valence-electron chi connectivity index (χ2n) is 10.5. The monoisotopic (exact) mass is 617 g/mol. The van der Waals surface area contributed by atoms with Gasteiger partial charge in [-0.15, -0.1) is 0 Å². The highest BCUT2D eigenvalue weighted by Crippen LogP contribution is 2.28. The zero-order valence-electron chi connectivity index (χ0n) is 24.0. The number of nitrogens with zero attached hydrogens (tertiary/aromatic N) is 2. The van der Waals surface area contributed by atoms with Gasteiger partial charge in [0.25, 0.3) is 10.0 Å². The zero-order valence-corrected chi connectivity index (χ0v) is 26.4. The first-order valence-corrected chi connectivity index (χ1v) is 15.7. The number of nitrogens with one attached hydrogen (secondary N) is 1. The van der Waals surface area contributed by atoms with E-state index in [0.717, 1.165) is 15.4 Å². The van der Waals surface area contributed by atoms with Gasteiger partial charge in [-0.2, -0.15) is 0 Å². The van der Waals surface area contributed by atoms with E-state index in [1.807, 2.05) is 40.7 Å². The summed E-state index contributed by atoms with van der Waals surface area (Å²) in [6, 6.07) is 17.6. The normalized spacial score (nSPS) is 12.2. The summed E-state index contributed by atoms with van der Waals surface area (Å²) in [6.45, 7) is 9.50. The van der Waals surface area contributed by atoms with Gasteiger partial charge in [0.2, 0.25) is 11.8 Å². The van der Waals surface area contributed by atoms with Crippen LogP contribution in [-0.4, -0.2) is 44.3 Å². The number of anilines is 1. The van der Waals surface area contributed by atoms with Crippen LogP contribution in [0.3, 0.4) is 0 Å². The highest BCUT2D eigenvalue weighted by Gasteiger charge is 2.34. The molecule has 0 bridgehead atoms. The molecule has 3 aromatic rings. The molecule has 3 rings (SSSR count). The van der Waals surface area contributed by atoms with Crippen LogP contribution >= 0.6 is 23.2 Å². The molecular formula is C31H37Cl2N3O4S. The Labute approximate surface area is 253 Å². The minimum Gasteiger partial charge on any atom is -0.354 e. The molecule has 41 heavy (non-hydrogen) atoms. The predicted octanol–water partition coefficient (Wildman–Crippen LogP) is 6.39. The van der Waals surface area contributed by atoms with Crippen LogP contribution in [0.4, 0.5) is 5.69 Å². The molecule has 0 aromatic heterocycles. The molecule has 7 nitrogen and oxygen atoms in total. The van der Waals surface area contributed by atoms with E-state index in [9.17, 15) is 18.0 Å². The molecule has 1 N–H and O–H groups in total. The zero-order chi connectivity index (χ0) is 30.3. The van der Waals surface area contributed by atoms with Crippen molar-refractivity contribution in [2.45, 2.75) is 58.5 Å². The van der Waals surface area contributed by atoms with Crippen LogP contribution in [0.15, 0.2) is 71.6 Å². The van der Waals surface area contributed by atoms with Gasteiger partial charge in [-0.3, -0.25) is 13.9 Å². The van der Waals surface area contributed by atoms with E-state index < -0.39 is 28.5 Å². The Bertz CT molecular complexity index is 1460. The Kier molecular flexibility index (Phi) is 11.2. The lowest BCUT2D eigenvalue weighted by molar-refractivity contribution is -0.140. The second kappa shape index (κ2) is 14.2. The van der Waals surface area contributed by atoms with Crippen molar-refractivity contribution in [2.24, 2.45) is 5.92 Å². The number of hydrogen-bond acceptors (Lipinski definition) is 4. The number of halogens is 2. The minimum absolute atomic E-state index is 0.0371. The topological polar surface area (TPSA) is 86.8 Å². The number of benzene rings is 3. The number of rotatable bonds is 12. The fourth-order valence-electron chi connectivity index (χ4n) is 4.52.